The van der Waals surface area contributed by atoms with E-state index in [2.05, 4.69) is 29.4 Å². The maximum absolute atomic E-state index is 11.2. The molecule has 1 atom stereocenters. The average Bonchev–Trinajstić information content (AvgIpc) is 2.71. The first-order chi connectivity index (χ1) is 9.01. The fourth-order valence-electron chi connectivity index (χ4n) is 3.10. The number of nitrogens with zero attached hydrogens (tertiary/aromatic N) is 1. The Hall–Kier alpha value is -0.650. The topological polar surface area (TPSA) is 53.6 Å². The van der Waals surface area contributed by atoms with E-state index in [1.54, 1.807) is 0 Å². The number of hydrogen-bond acceptors (Lipinski definition) is 5. The summed E-state index contributed by atoms with van der Waals surface area (Å²) in [5.74, 6) is -0.132. The van der Waals surface area contributed by atoms with Gasteiger partial charge in [0.05, 0.1) is 13.7 Å². The largest absolute Gasteiger partial charge is 0.468 e. The smallest absolute Gasteiger partial charge is 0.319 e. The predicted octanol–water partition coefficient (Wildman–Crippen LogP) is 0.354. The first-order valence-corrected chi connectivity index (χ1v) is 7.31. The average molecular weight is 269 g/mol. The lowest BCUT2D eigenvalue weighted by Gasteiger charge is -2.36. The number of likely N-dealkylation sites (tertiary alicyclic amines) is 1. The van der Waals surface area contributed by atoms with Crippen LogP contribution >= 0.6 is 0 Å². The van der Waals surface area contributed by atoms with Gasteiger partial charge < -0.3 is 15.4 Å². The maximum atomic E-state index is 11.2. The van der Waals surface area contributed by atoms with Gasteiger partial charge >= 0.3 is 5.97 Å². The SMILES string of the molecule is COC(=O)CN1CCC(NC2CCNC2(C)C)CC1. The van der Waals surface area contributed by atoms with Crippen LogP contribution in [0.15, 0.2) is 0 Å². The molecule has 0 aliphatic carbocycles. The molecule has 2 aliphatic rings. The lowest BCUT2D eigenvalue weighted by atomic mass is 9.94. The monoisotopic (exact) mass is 269 g/mol. The van der Waals surface area contributed by atoms with Crippen molar-refractivity contribution in [3.8, 4) is 0 Å². The Kier molecular flexibility index (Phi) is 4.81. The van der Waals surface area contributed by atoms with Crippen molar-refractivity contribution in [3.05, 3.63) is 0 Å². The number of rotatable bonds is 4. The molecule has 0 bridgehead atoms. The van der Waals surface area contributed by atoms with Gasteiger partial charge in [-0.2, -0.15) is 0 Å². The van der Waals surface area contributed by atoms with Gasteiger partial charge in [0.15, 0.2) is 0 Å². The molecule has 110 valence electrons. The van der Waals surface area contributed by atoms with Crippen LogP contribution in [0.4, 0.5) is 0 Å². The minimum absolute atomic E-state index is 0.132. The molecule has 5 nitrogen and oxygen atoms in total. The molecule has 2 heterocycles. The summed E-state index contributed by atoms with van der Waals surface area (Å²) in [5, 5.41) is 7.33. The van der Waals surface area contributed by atoms with Crippen LogP contribution in [0.1, 0.15) is 33.1 Å². The molecule has 0 spiro atoms. The van der Waals surface area contributed by atoms with E-state index in [1.807, 2.05) is 0 Å². The molecule has 5 heteroatoms. The summed E-state index contributed by atoms with van der Waals surface area (Å²) in [5.41, 5.74) is 0.198. The number of hydrogen-bond donors (Lipinski definition) is 2. The van der Waals surface area contributed by atoms with Crippen LogP contribution in [-0.4, -0.2) is 61.8 Å². The van der Waals surface area contributed by atoms with Crippen LogP contribution in [0.5, 0.6) is 0 Å². The Morgan fingerprint density at radius 3 is 2.58 bits per heavy atom. The normalized spacial score (nSPS) is 28.5. The van der Waals surface area contributed by atoms with Crippen LogP contribution in [-0.2, 0) is 9.53 Å². The highest BCUT2D eigenvalue weighted by atomic mass is 16.5. The molecule has 2 aliphatic heterocycles. The van der Waals surface area contributed by atoms with Crippen LogP contribution in [0.3, 0.4) is 0 Å². The van der Waals surface area contributed by atoms with Crippen molar-refractivity contribution in [2.45, 2.75) is 50.7 Å². The third kappa shape index (κ3) is 3.91. The number of nitrogens with one attached hydrogen (secondary N) is 2. The van der Waals surface area contributed by atoms with Crippen molar-refractivity contribution >= 4 is 5.97 Å². The molecule has 19 heavy (non-hydrogen) atoms. The minimum Gasteiger partial charge on any atom is -0.468 e. The summed E-state index contributed by atoms with van der Waals surface area (Å²) in [7, 11) is 1.45. The third-order valence-corrected chi connectivity index (χ3v) is 4.49. The van der Waals surface area contributed by atoms with E-state index >= 15 is 0 Å². The van der Waals surface area contributed by atoms with Gasteiger partial charge in [0.25, 0.3) is 0 Å². The molecule has 2 fully saturated rings. The van der Waals surface area contributed by atoms with Gasteiger partial charge in [-0.3, -0.25) is 9.69 Å². The Morgan fingerprint density at radius 2 is 2.05 bits per heavy atom. The van der Waals surface area contributed by atoms with Crippen molar-refractivity contribution in [1.29, 1.82) is 0 Å². The van der Waals surface area contributed by atoms with Gasteiger partial charge in [-0.05, 0) is 39.7 Å². The predicted molar refractivity (Wildman–Crippen MR) is 75.1 cm³/mol. The molecular weight excluding hydrogens is 242 g/mol. The number of ether oxygens (including phenoxy) is 1. The fraction of sp³-hybridized carbons (Fsp3) is 0.929. The van der Waals surface area contributed by atoms with Crippen molar-refractivity contribution in [3.63, 3.8) is 0 Å². The zero-order chi connectivity index (χ0) is 13.9. The van der Waals surface area contributed by atoms with Crippen LogP contribution < -0.4 is 10.6 Å². The van der Waals surface area contributed by atoms with Gasteiger partial charge in [0, 0.05) is 30.7 Å². The van der Waals surface area contributed by atoms with Crippen LogP contribution in [0, 0.1) is 0 Å². The summed E-state index contributed by atoms with van der Waals surface area (Å²) >= 11 is 0. The molecule has 2 rings (SSSR count). The van der Waals surface area contributed by atoms with Crippen LogP contribution in [0.2, 0.25) is 0 Å². The fourth-order valence-corrected chi connectivity index (χ4v) is 3.10. The van der Waals surface area contributed by atoms with Gasteiger partial charge in [-0.15, -0.1) is 0 Å². The lowest BCUT2D eigenvalue weighted by molar-refractivity contribution is -0.142. The number of carbonyl (C=O) groups is 1. The van der Waals surface area contributed by atoms with Crippen molar-refractivity contribution in [1.82, 2.24) is 15.5 Å². The highest BCUT2D eigenvalue weighted by molar-refractivity contribution is 5.71. The Bertz CT molecular complexity index is 312. The van der Waals surface area contributed by atoms with Gasteiger partial charge in [-0.1, -0.05) is 0 Å². The van der Waals surface area contributed by atoms with E-state index in [0.29, 0.717) is 18.6 Å². The number of methoxy groups -OCH3 is 1. The van der Waals surface area contributed by atoms with Gasteiger partial charge in [-0.25, -0.2) is 0 Å². The molecule has 0 amide bonds. The number of carbonyl (C=O) groups excluding carboxylic acids is 1. The maximum Gasteiger partial charge on any atom is 0.319 e. The highest BCUT2D eigenvalue weighted by Gasteiger charge is 2.35. The first kappa shape index (κ1) is 14.8. The van der Waals surface area contributed by atoms with Gasteiger partial charge in [0.1, 0.15) is 0 Å². The summed E-state index contributed by atoms with van der Waals surface area (Å²) in [6.07, 6.45) is 3.43. The molecule has 0 aromatic heterocycles. The van der Waals surface area contributed by atoms with Gasteiger partial charge in [0.2, 0.25) is 0 Å². The molecule has 2 N–H and O–H groups in total. The third-order valence-electron chi connectivity index (χ3n) is 4.49. The molecule has 0 aromatic rings. The first-order valence-electron chi connectivity index (χ1n) is 7.31. The molecule has 0 aromatic carbocycles. The lowest BCUT2D eigenvalue weighted by Crippen LogP contribution is -2.54. The highest BCUT2D eigenvalue weighted by Crippen LogP contribution is 2.21. The van der Waals surface area contributed by atoms with E-state index in [-0.39, 0.29) is 11.5 Å². The number of esters is 1. The molecule has 0 saturated carbocycles. The van der Waals surface area contributed by atoms with Crippen molar-refractivity contribution in [2.24, 2.45) is 0 Å². The van der Waals surface area contributed by atoms with E-state index in [1.165, 1.54) is 13.5 Å². The van der Waals surface area contributed by atoms with Crippen LogP contribution in [0.25, 0.3) is 0 Å². The Morgan fingerprint density at radius 1 is 1.37 bits per heavy atom. The van der Waals surface area contributed by atoms with E-state index in [9.17, 15) is 4.79 Å². The molecule has 0 radical (unpaired) electrons. The zero-order valence-corrected chi connectivity index (χ0v) is 12.4. The molecular formula is C14H27N3O2. The minimum atomic E-state index is -0.132. The second kappa shape index (κ2) is 6.20. The Labute approximate surface area is 116 Å². The number of piperidine rings is 1. The summed E-state index contributed by atoms with van der Waals surface area (Å²) in [6, 6.07) is 1.14. The Balaban J connectivity index is 1.73. The van der Waals surface area contributed by atoms with Crippen molar-refractivity contribution < 1.29 is 9.53 Å². The summed E-state index contributed by atoms with van der Waals surface area (Å²) in [4.78, 5) is 13.4. The van der Waals surface area contributed by atoms with Crippen molar-refractivity contribution in [2.75, 3.05) is 33.3 Å². The zero-order valence-electron chi connectivity index (χ0n) is 12.4. The van der Waals surface area contributed by atoms with E-state index < -0.39 is 0 Å². The second-order valence-corrected chi connectivity index (χ2v) is 6.28. The summed E-state index contributed by atoms with van der Waals surface area (Å²) < 4.78 is 4.71. The molecule has 2 saturated heterocycles. The summed E-state index contributed by atoms with van der Waals surface area (Å²) in [6.45, 7) is 8.03. The quantitative estimate of drug-likeness (QED) is 0.722. The standard InChI is InChI=1S/C14H27N3O2/c1-14(2)12(4-7-15-14)16-11-5-8-17(9-6-11)10-13(18)19-3/h11-12,15-16H,4-10H2,1-3H3. The van der Waals surface area contributed by atoms with E-state index in [0.717, 1.165) is 32.5 Å². The molecule has 1 unspecified atom stereocenters. The van der Waals surface area contributed by atoms with E-state index in [4.69, 9.17) is 4.74 Å². The second-order valence-electron chi connectivity index (χ2n) is 6.28.